The molecule has 3 aromatic carbocycles. The summed E-state index contributed by atoms with van der Waals surface area (Å²) in [5.41, 5.74) is 3.66. The molecule has 1 saturated carbocycles. The maximum Gasteiger partial charge on any atom is 0.115 e. The molecule has 1 aliphatic carbocycles. The van der Waals surface area contributed by atoms with Crippen molar-refractivity contribution in [1.82, 2.24) is 0 Å². The highest BCUT2D eigenvalue weighted by Crippen LogP contribution is 2.21. The fourth-order valence-corrected chi connectivity index (χ4v) is 3.50. The van der Waals surface area contributed by atoms with Crippen molar-refractivity contribution in [2.45, 2.75) is 51.4 Å². The van der Waals surface area contributed by atoms with Crippen molar-refractivity contribution in [2.24, 2.45) is 0 Å². The summed E-state index contributed by atoms with van der Waals surface area (Å²) < 4.78 is 11.4. The van der Waals surface area contributed by atoms with Crippen molar-refractivity contribution in [3.05, 3.63) is 102 Å². The second-order valence-electron chi connectivity index (χ2n) is 7.66. The van der Waals surface area contributed by atoms with Crippen molar-refractivity contribution < 1.29 is 14.6 Å². The van der Waals surface area contributed by atoms with Gasteiger partial charge in [-0.25, -0.2) is 0 Å². The lowest BCUT2D eigenvalue weighted by Gasteiger charge is -2.10. The van der Waals surface area contributed by atoms with Crippen molar-refractivity contribution in [3.8, 4) is 5.75 Å². The van der Waals surface area contributed by atoms with E-state index in [1.807, 2.05) is 48.5 Å². The van der Waals surface area contributed by atoms with Gasteiger partial charge in [-0.15, -0.1) is 0 Å². The third-order valence-corrected chi connectivity index (χ3v) is 5.21. The van der Waals surface area contributed by atoms with Crippen LogP contribution in [-0.4, -0.2) is 17.8 Å². The number of aromatic hydroxyl groups is 1. The zero-order valence-electron chi connectivity index (χ0n) is 17.6. The Morgan fingerprint density at radius 2 is 1.20 bits per heavy atom. The standard InChI is InChI=1S/C14H14O.C13H18O2/c1-3-7-13(8-4-1)11-15-12-14-9-5-2-6-10-14;14-12-7-5-11(6-8-12)9-10-15-13-3-1-2-4-13/h1-10H,11-12H2;5-8,13-14H,1-4,9-10H2. The van der Waals surface area contributed by atoms with E-state index in [0.717, 1.165) is 13.0 Å². The summed E-state index contributed by atoms with van der Waals surface area (Å²) in [6.45, 7) is 2.15. The molecule has 1 fully saturated rings. The molecule has 0 atom stereocenters. The first-order valence-electron chi connectivity index (χ1n) is 10.8. The van der Waals surface area contributed by atoms with Crippen LogP contribution >= 0.6 is 0 Å². The van der Waals surface area contributed by atoms with Crippen LogP contribution in [0.1, 0.15) is 42.4 Å². The first-order chi connectivity index (χ1) is 14.8. The normalized spacial score (nSPS) is 13.6. The second-order valence-corrected chi connectivity index (χ2v) is 7.66. The Morgan fingerprint density at radius 1 is 0.667 bits per heavy atom. The summed E-state index contributed by atoms with van der Waals surface area (Å²) in [5.74, 6) is 0.329. The van der Waals surface area contributed by atoms with E-state index >= 15 is 0 Å². The minimum absolute atomic E-state index is 0.329. The lowest BCUT2D eigenvalue weighted by atomic mass is 10.1. The van der Waals surface area contributed by atoms with E-state index in [0.29, 0.717) is 25.1 Å². The molecule has 1 N–H and O–H groups in total. The van der Waals surface area contributed by atoms with Gasteiger partial charge >= 0.3 is 0 Å². The lowest BCUT2D eigenvalue weighted by Crippen LogP contribution is -2.09. The zero-order valence-corrected chi connectivity index (χ0v) is 17.6. The van der Waals surface area contributed by atoms with Crippen LogP contribution in [0.2, 0.25) is 0 Å². The number of hydrogen-bond donors (Lipinski definition) is 1. The third kappa shape index (κ3) is 8.40. The Balaban J connectivity index is 0.000000171. The average molecular weight is 405 g/mol. The topological polar surface area (TPSA) is 38.7 Å². The van der Waals surface area contributed by atoms with E-state index in [1.54, 1.807) is 12.1 Å². The maximum atomic E-state index is 9.12. The van der Waals surface area contributed by atoms with Gasteiger partial charge in [0.05, 0.1) is 25.9 Å². The Hall–Kier alpha value is -2.62. The van der Waals surface area contributed by atoms with Crippen LogP contribution in [0.25, 0.3) is 0 Å². The first kappa shape index (κ1) is 22.1. The summed E-state index contributed by atoms with van der Waals surface area (Å²) in [7, 11) is 0. The minimum atomic E-state index is 0.329. The highest BCUT2D eigenvalue weighted by Gasteiger charge is 2.14. The molecular weight excluding hydrogens is 372 g/mol. The van der Waals surface area contributed by atoms with Gasteiger partial charge in [-0.05, 0) is 48.1 Å². The molecular formula is C27H32O3. The Morgan fingerprint density at radius 3 is 1.73 bits per heavy atom. The van der Waals surface area contributed by atoms with E-state index in [4.69, 9.17) is 14.6 Å². The van der Waals surface area contributed by atoms with Gasteiger partial charge in [0.1, 0.15) is 5.75 Å². The second kappa shape index (κ2) is 12.8. The Kier molecular flexibility index (Phi) is 9.45. The van der Waals surface area contributed by atoms with Crippen molar-refractivity contribution in [2.75, 3.05) is 6.61 Å². The quantitative estimate of drug-likeness (QED) is 0.479. The molecule has 0 saturated heterocycles. The Bertz CT molecular complexity index is 770. The van der Waals surface area contributed by atoms with E-state index < -0.39 is 0 Å². The highest BCUT2D eigenvalue weighted by atomic mass is 16.5. The van der Waals surface area contributed by atoms with Gasteiger partial charge < -0.3 is 14.6 Å². The monoisotopic (exact) mass is 404 g/mol. The number of ether oxygens (including phenoxy) is 2. The van der Waals surface area contributed by atoms with Crippen molar-refractivity contribution >= 4 is 0 Å². The molecule has 0 heterocycles. The lowest BCUT2D eigenvalue weighted by molar-refractivity contribution is 0.0606. The number of benzene rings is 3. The number of phenolic OH excluding ortho intramolecular Hbond substituents is 1. The van der Waals surface area contributed by atoms with Gasteiger partial charge in [0.2, 0.25) is 0 Å². The molecule has 0 amide bonds. The van der Waals surface area contributed by atoms with Crippen LogP contribution in [0, 0.1) is 0 Å². The number of hydrogen-bond acceptors (Lipinski definition) is 3. The average Bonchev–Trinajstić information content (AvgIpc) is 3.31. The van der Waals surface area contributed by atoms with Gasteiger partial charge in [0.25, 0.3) is 0 Å². The summed E-state index contributed by atoms with van der Waals surface area (Å²) in [5, 5.41) is 9.12. The highest BCUT2D eigenvalue weighted by molar-refractivity contribution is 5.25. The summed E-state index contributed by atoms with van der Waals surface area (Å²) in [6, 6.07) is 27.8. The smallest absolute Gasteiger partial charge is 0.115 e. The molecule has 3 heteroatoms. The molecule has 4 rings (SSSR count). The van der Waals surface area contributed by atoms with Crippen molar-refractivity contribution in [3.63, 3.8) is 0 Å². The largest absolute Gasteiger partial charge is 0.508 e. The molecule has 158 valence electrons. The Labute approximate surface area is 180 Å². The van der Waals surface area contributed by atoms with Gasteiger partial charge in [0.15, 0.2) is 0 Å². The molecule has 3 nitrogen and oxygen atoms in total. The zero-order chi connectivity index (χ0) is 20.9. The molecule has 0 spiro atoms. The third-order valence-electron chi connectivity index (χ3n) is 5.21. The van der Waals surface area contributed by atoms with Gasteiger partial charge in [-0.2, -0.15) is 0 Å². The maximum absolute atomic E-state index is 9.12. The van der Waals surface area contributed by atoms with Gasteiger partial charge in [0, 0.05) is 0 Å². The minimum Gasteiger partial charge on any atom is -0.508 e. The van der Waals surface area contributed by atoms with Crippen LogP contribution < -0.4 is 0 Å². The van der Waals surface area contributed by atoms with Gasteiger partial charge in [-0.1, -0.05) is 85.6 Å². The molecule has 0 unspecified atom stereocenters. The van der Waals surface area contributed by atoms with E-state index in [-0.39, 0.29) is 0 Å². The van der Waals surface area contributed by atoms with Crippen molar-refractivity contribution in [1.29, 1.82) is 0 Å². The van der Waals surface area contributed by atoms with Crippen LogP contribution in [-0.2, 0) is 29.1 Å². The van der Waals surface area contributed by atoms with E-state index in [9.17, 15) is 0 Å². The van der Waals surface area contributed by atoms with Crippen LogP contribution in [0.3, 0.4) is 0 Å². The molecule has 0 aromatic heterocycles. The van der Waals surface area contributed by atoms with Crippen LogP contribution in [0.5, 0.6) is 5.75 Å². The summed E-state index contributed by atoms with van der Waals surface area (Å²) in [4.78, 5) is 0. The predicted molar refractivity (Wildman–Crippen MR) is 121 cm³/mol. The van der Waals surface area contributed by atoms with Crippen LogP contribution in [0.4, 0.5) is 0 Å². The number of phenols is 1. The molecule has 3 aromatic rings. The molecule has 0 radical (unpaired) electrons. The molecule has 1 aliphatic rings. The summed E-state index contributed by atoms with van der Waals surface area (Å²) >= 11 is 0. The van der Waals surface area contributed by atoms with E-state index in [1.165, 1.54) is 42.4 Å². The van der Waals surface area contributed by atoms with E-state index in [2.05, 4.69) is 24.3 Å². The fourth-order valence-electron chi connectivity index (χ4n) is 3.50. The summed E-state index contributed by atoms with van der Waals surface area (Å²) in [6.07, 6.45) is 6.55. The number of rotatable bonds is 8. The fraction of sp³-hybridized carbons (Fsp3) is 0.333. The van der Waals surface area contributed by atoms with Gasteiger partial charge in [-0.3, -0.25) is 0 Å². The first-order valence-corrected chi connectivity index (χ1v) is 10.8. The molecule has 0 bridgehead atoms. The van der Waals surface area contributed by atoms with Crippen LogP contribution in [0.15, 0.2) is 84.9 Å². The molecule has 0 aliphatic heterocycles. The molecule has 30 heavy (non-hydrogen) atoms. The predicted octanol–water partition coefficient (Wildman–Crippen LogP) is 6.30. The SMILES string of the molecule is Oc1ccc(CCOC2CCCC2)cc1.c1ccc(COCc2ccccc2)cc1.